The van der Waals surface area contributed by atoms with Gasteiger partial charge >= 0.3 is 5.97 Å². The number of carbonyl (C=O) groups is 6. The van der Waals surface area contributed by atoms with E-state index in [0.29, 0.717) is 6.42 Å². The Morgan fingerprint density at radius 3 is 1.94 bits per heavy atom. The van der Waals surface area contributed by atoms with E-state index < -0.39 is 83.5 Å². The van der Waals surface area contributed by atoms with Gasteiger partial charge in [-0.2, -0.15) is 0 Å². The van der Waals surface area contributed by atoms with Gasteiger partial charge in [-0.05, 0) is 82.1 Å². The number of aromatic nitrogens is 1. The Morgan fingerprint density at radius 1 is 0.746 bits per heavy atom. The normalized spacial score (nSPS) is 17.0. The molecule has 0 unspecified atom stereocenters. The second kappa shape index (κ2) is 21.8. The zero-order valence-electron chi connectivity index (χ0n) is 37.1. The number of hydrogen-bond donors (Lipinski definition) is 7. The molecule has 2 heterocycles. The number of para-hydroxylation sites is 1. The van der Waals surface area contributed by atoms with Crippen LogP contribution in [0.5, 0.6) is 0 Å². The van der Waals surface area contributed by atoms with E-state index in [1.807, 2.05) is 74.5 Å². The number of benzene rings is 3. The van der Waals surface area contributed by atoms with Crippen LogP contribution in [-0.2, 0) is 52.8 Å². The molecule has 1 aromatic heterocycles. The second-order valence-corrected chi connectivity index (χ2v) is 17.8. The number of carbonyl (C=O) groups excluding carboxylic acids is 5. The smallest absolute Gasteiger partial charge is 0.326 e. The fourth-order valence-electron chi connectivity index (χ4n) is 8.02. The summed E-state index contributed by atoms with van der Waals surface area (Å²) in [7, 11) is 0. The molecular weight excluding hydrogens is 803 g/mol. The van der Waals surface area contributed by atoms with Crippen molar-refractivity contribution in [3.05, 3.63) is 108 Å². The van der Waals surface area contributed by atoms with Crippen LogP contribution in [0.25, 0.3) is 10.9 Å². The number of hydrogen-bond acceptors (Lipinski definition) is 8. The predicted octanol–water partition coefficient (Wildman–Crippen LogP) is 3.79. The van der Waals surface area contributed by atoms with E-state index >= 15 is 0 Å². The number of carboxylic acid groups (broad SMARTS) is 1. The van der Waals surface area contributed by atoms with Crippen LogP contribution in [0.1, 0.15) is 77.5 Å². The Morgan fingerprint density at radius 2 is 1.32 bits per heavy atom. The van der Waals surface area contributed by atoms with Crippen LogP contribution >= 0.6 is 0 Å². The van der Waals surface area contributed by atoms with E-state index in [0.717, 1.165) is 27.6 Å². The molecule has 0 radical (unpaired) electrons. The van der Waals surface area contributed by atoms with Crippen molar-refractivity contribution in [1.82, 2.24) is 31.2 Å². The van der Waals surface area contributed by atoms with E-state index in [1.165, 1.54) is 4.90 Å². The minimum absolute atomic E-state index is 0.0635. The third kappa shape index (κ3) is 13.7. The summed E-state index contributed by atoms with van der Waals surface area (Å²) in [6.45, 7) is 11.0. The number of rotatable bonds is 20. The summed E-state index contributed by atoms with van der Waals surface area (Å²) in [6, 6.07) is 19.1. The molecule has 7 atom stereocenters. The molecule has 5 amide bonds. The molecule has 0 aliphatic carbocycles. The molecular formula is C48H63N7O8. The average molecular weight is 866 g/mol. The summed E-state index contributed by atoms with van der Waals surface area (Å²) in [4.78, 5) is 87.7. The molecule has 0 bridgehead atoms. The highest BCUT2D eigenvalue weighted by Gasteiger charge is 2.40. The molecule has 1 saturated heterocycles. The SMILES string of the molecule is CC(C)C[C@H](NC(=O)[C@@H](Cc1c[nH]c2ccccc12)NC(=O)[C@@H](N)Cc1ccccc1)C(=O)N[C@H](C(=O)N[C@@H](Cc1ccccc1)C(=O)N1CCC[C@H]1C(=O)O)[C@@H](C)OC(C)(C)C. The fourth-order valence-corrected chi connectivity index (χ4v) is 8.02. The molecule has 15 nitrogen and oxygen atoms in total. The van der Waals surface area contributed by atoms with Gasteiger partial charge in [-0.25, -0.2) is 4.79 Å². The third-order valence-corrected chi connectivity index (χ3v) is 11.0. The van der Waals surface area contributed by atoms with Gasteiger partial charge in [0, 0.05) is 36.5 Å². The number of nitrogens with zero attached hydrogens (tertiary/aromatic N) is 1. The standard InChI is InChI=1S/C48H63N7O8/c1-29(2)24-37(52-43(57)38(27-33-28-50-36-21-14-13-20-34(33)36)51-42(56)35(49)25-31-16-9-7-10-17-31)44(58)54-41(30(3)63-48(4,5)6)45(59)53-39(26-32-18-11-8-12-19-32)46(60)55-23-15-22-40(55)47(61)62/h7-14,16-21,28-30,35,37-41,50H,15,22-27,49H2,1-6H3,(H,51,56)(H,52,57)(H,53,59)(H,54,58)(H,61,62)/t30-,35+,37+,38-,39+,40+,41+/m1/s1. The van der Waals surface area contributed by atoms with Crippen LogP contribution in [0.4, 0.5) is 0 Å². The molecule has 0 spiro atoms. The Balaban J connectivity index is 1.41. The summed E-state index contributed by atoms with van der Waals surface area (Å²) in [5.41, 5.74) is 8.81. The Hall–Kier alpha value is -6.06. The minimum atomic E-state index is -1.36. The van der Waals surface area contributed by atoms with E-state index in [4.69, 9.17) is 10.5 Å². The fraction of sp³-hybridized carbons (Fsp3) is 0.458. The highest BCUT2D eigenvalue weighted by Crippen LogP contribution is 2.22. The van der Waals surface area contributed by atoms with Gasteiger partial charge in [0.25, 0.3) is 0 Å². The van der Waals surface area contributed by atoms with Gasteiger partial charge < -0.3 is 46.7 Å². The summed E-state index contributed by atoms with van der Waals surface area (Å²) in [5, 5.41) is 22.1. The number of nitrogens with two attached hydrogens (primary N) is 1. The first kappa shape index (κ1) is 48.0. The predicted molar refractivity (Wildman–Crippen MR) is 240 cm³/mol. The molecule has 4 aromatic rings. The van der Waals surface area contributed by atoms with Crippen LogP contribution in [-0.4, -0.2) is 105 Å². The first-order valence-electron chi connectivity index (χ1n) is 21.7. The quantitative estimate of drug-likeness (QED) is 0.0686. The maximum Gasteiger partial charge on any atom is 0.326 e. The molecule has 63 heavy (non-hydrogen) atoms. The third-order valence-electron chi connectivity index (χ3n) is 11.0. The van der Waals surface area contributed by atoms with Crippen molar-refractivity contribution in [2.45, 2.75) is 128 Å². The molecule has 15 heteroatoms. The Labute approximate surface area is 369 Å². The first-order valence-corrected chi connectivity index (χ1v) is 21.7. The van der Waals surface area contributed by atoms with Gasteiger partial charge in [0.05, 0.1) is 17.7 Å². The molecule has 3 aromatic carbocycles. The van der Waals surface area contributed by atoms with Gasteiger partial charge in [-0.1, -0.05) is 92.7 Å². The topological polar surface area (TPSA) is 225 Å². The molecule has 338 valence electrons. The maximum atomic E-state index is 14.5. The van der Waals surface area contributed by atoms with Gasteiger partial charge in [0.15, 0.2) is 0 Å². The lowest BCUT2D eigenvalue weighted by molar-refractivity contribution is -0.150. The molecule has 8 N–H and O–H groups in total. The number of H-pyrrole nitrogens is 1. The van der Waals surface area contributed by atoms with Crippen LogP contribution in [0.15, 0.2) is 91.1 Å². The van der Waals surface area contributed by atoms with Crippen molar-refractivity contribution < 1.29 is 38.6 Å². The van der Waals surface area contributed by atoms with E-state index in [2.05, 4.69) is 26.3 Å². The van der Waals surface area contributed by atoms with Gasteiger partial charge in [-0.15, -0.1) is 0 Å². The number of carboxylic acids is 1. The number of amides is 5. The first-order chi connectivity index (χ1) is 29.9. The second-order valence-electron chi connectivity index (χ2n) is 17.8. The van der Waals surface area contributed by atoms with Crippen molar-refractivity contribution >= 4 is 46.4 Å². The largest absolute Gasteiger partial charge is 0.480 e. The van der Waals surface area contributed by atoms with Gasteiger partial charge in [0.2, 0.25) is 29.5 Å². The highest BCUT2D eigenvalue weighted by atomic mass is 16.5. The summed E-state index contributed by atoms with van der Waals surface area (Å²) in [5.74, 6) is -4.37. The number of aromatic amines is 1. The molecule has 0 saturated carbocycles. The summed E-state index contributed by atoms with van der Waals surface area (Å²) < 4.78 is 6.21. The van der Waals surface area contributed by atoms with Crippen molar-refractivity contribution in [2.75, 3.05) is 6.54 Å². The molecule has 1 fully saturated rings. The van der Waals surface area contributed by atoms with Crippen molar-refractivity contribution in [3.8, 4) is 0 Å². The van der Waals surface area contributed by atoms with Crippen LogP contribution in [0.3, 0.4) is 0 Å². The highest BCUT2D eigenvalue weighted by molar-refractivity contribution is 5.97. The lowest BCUT2D eigenvalue weighted by Crippen LogP contribution is -2.62. The molecule has 1 aliphatic heterocycles. The number of aliphatic carboxylic acids is 1. The van der Waals surface area contributed by atoms with Crippen molar-refractivity contribution in [2.24, 2.45) is 11.7 Å². The zero-order valence-corrected chi connectivity index (χ0v) is 37.1. The average Bonchev–Trinajstić information content (AvgIpc) is 3.90. The van der Waals surface area contributed by atoms with E-state index in [9.17, 15) is 33.9 Å². The lowest BCUT2D eigenvalue weighted by atomic mass is 9.99. The Bertz CT molecular complexity index is 2190. The van der Waals surface area contributed by atoms with E-state index in [1.54, 1.807) is 58.2 Å². The zero-order chi connectivity index (χ0) is 45.8. The monoisotopic (exact) mass is 865 g/mol. The Kier molecular flexibility index (Phi) is 16.6. The summed E-state index contributed by atoms with van der Waals surface area (Å²) >= 11 is 0. The van der Waals surface area contributed by atoms with Crippen LogP contribution in [0.2, 0.25) is 0 Å². The number of ether oxygens (including phenoxy) is 1. The minimum Gasteiger partial charge on any atom is -0.480 e. The lowest BCUT2D eigenvalue weighted by Gasteiger charge is -2.34. The number of nitrogens with one attached hydrogen (secondary N) is 5. The summed E-state index contributed by atoms with van der Waals surface area (Å²) in [6.07, 6.45) is 2.18. The van der Waals surface area contributed by atoms with Gasteiger partial charge in [-0.3, -0.25) is 24.0 Å². The van der Waals surface area contributed by atoms with Crippen LogP contribution in [0, 0.1) is 5.92 Å². The van der Waals surface area contributed by atoms with E-state index in [-0.39, 0.29) is 44.6 Å². The molecule has 1 aliphatic rings. The maximum absolute atomic E-state index is 14.5. The van der Waals surface area contributed by atoms with Gasteiger partial charge in [0.1, 0.15) is 30.2 Å². The number of likely N-dealkylation sites (tertiary alicyclic amines) is 1. The number of fused-ring (bicyclic) bond motifs is 1. The van der Waals surface area contributed by atoms with Crippen molar-refractivity contribution in [3.63, 3.8) is 0 Å². The molecule has 5 rings (SSSR count). The van der Waals surface area contributed by atoms with Crippen molar-refractivity contribution in [1.29, 1.82) is 0 Å². The van der Waals surface area contributed by atoms with Crippen LogP contribution < -0.4 is 27.0 Å².